The summed E-state index contributed by atoms with van der Waals surface area (Å²) in [5.41, 5.74) is -1.40. The van der Waals surface area contributed by atoms with Crippen LogP contribution in [0.2, 0.25) is 0 Å². The van der Waals surface area contributed by atoms with Crippen molar-refractivity contribution in [1.82, 2.24) is 9.88 Å². The molecule has 0 aliphatic rings. The fourth-order valence-electron chi connectivity index (χ4n) is 3.43. The predicted molar refractivity (Wildman–Crippen MR) is 130 cm³/mol. The van der Waals surface area contributed by atoms with E-state index in [0.29, 0.717) is 6.20 Å². The minimum atomic E-state index is -4.75. The van der Waals surface area contributed by atoms with Crippen molar-refractivity contribution in [3.05, 3.63) is 65.4 Å². The van der Waals surface area contributed by atoms with Gasteiger partial charge in [0, 0.05) is 19.7 Å². The van der Waals surface area contributed by atoms with Crippen molar-refractivity contribution in [2.45, 2.75) is 59.3 Å². The SMILES string of the molecule is C=C(OC(C)=NC(C)CC)c1c(F)cccc1C(=O)N(CC)C(C)COc1ncc(C(F)(F)F)cc1F. The van der Waals surface area contributed by atoms with Crippen LogP contribution >= 0.6 is 0 Å². The van der Waals surface area contributed by atoms with Crippen LogP contribution < -0.4 is 4.74 Å². The zero-order valence-electron chi connectivity index (χ0n) is 21.3. The van der Waals surface area contributed by atoms with E-state index in [1.165, 1.54) is 23.1 Å². The number of aromatic nitrogens is 1. The molecule has 0 saturated carbocycles. The van der Waals surface area contributed by atoms with Crippen molar-refractivity contribution in [3.63, 3.8) is 0 Å². The molecule has 0 aliphatic carbocycles. The zero-order valence-corrected chi connectivity index (χ0v) is 21.3. The lowest BCUT2D eigenvalue weighted by Gasteiger charge is -2.29. The van der Waals surface area contributed by atoms with Crippen LogP contribution in [0.1, 0.15) is 62.5 Å². The molecule has 0 saturated heterocycles. The molecule has 1 aromatic heterocycles. The number of hydrogen-bond donors (Lipinski definition) is 0. The van der Waals surface area contributed by atoms with E-state index in [1.54, 1.807) is 20.8 Å². The second-order valence-corrected chi connectivity index (χ2v) is 8.35. The number of rotatable bonds is 10. The minimum Gasteiger partial charge on any atom is -0.473 e. The quantitative estimate of drug-likeness (QED) is 0.153. The monoisotopic (exact) mass is 527 g/mol. The molecule has 0 fully saturated rings. The first-order valence-electron chi connectivity index (χ1n) is 11.7. The largest absolute Gasteiger partial charge is 0.473 e. The van der Waals surface area contributed by atoms with Crippen LogP contribution in [0.3, 0.4) is 0 Å². The van der Waals surface area contributed by atoms with Crippen molar-refractivity contribution in [1.29, 1.82) is 0 Å². The molecule has 11 heteroatoms. The lowest BCUT2D eigenvalue weighted by Crippen LogP contribution is -2.42. The van der Waals surface area contributed by atoms with Crippen LogP contribution in [0.5, 0.6) is 5.88 Å². The lowest BCUT2D eigenvalue weighted by molar-refractivity contribution is -0.138. The van der Waals surface area contributed by atoms with E-state index >= 15 is 0 Å². The Balaban J connectivity index is 2.23. The van der Waals surface area contributed by atoms with E-state index in [1.807, 2.05) is 13.8 Å². The molecule has 2 unspecified atom stereocenters. The average Bonchev–Trinajstić information content (AvgIpc) is 2.82. The summed E-state index contributed by atoms with van der Waals surface area (Å²) in [7, 11) is 0. The summed E-state index contributed by atoms with van der Waals surface area (Å²) in [6.45, 7) is 12.4. The maximum Gasteiger partial charge on any atom is 0.417 e. The van der Waals surface area contributed by atoms with Gasteiger partial charge in [0.1, 0.15) is 18.2 Å². The van der Waals surface area contributed by atoms with Gasteiger partial charge in [-0.15, -0.1) is 0 Å². The Kier molecular flexibility index (Phi) is 10.2. The van der Waals surface area contributed by atoms with Gasteiger partial charge in [0.2, 0.25) is 5.88 Å². The van der Waals surface area contributed by atoms with Gasteiger partial charge in [0.25, 0.3) is 5.91 Å². The topological polar surface area (TPSA) is 64.0 Å². The van der Waals surface area contributed by atoms with Gasteiger partial charge in [-0.1, -0.05) is 19.6 Å². The van der Waals surface area contributed by atoms with Gasteiger partial charge in [0.05, 0.1) is 28.8 Å². The standard InChI is InChI=1S/C26H30F5N3O3/c1-7-15(3)33-18(6)37-17(5)23-20(10-9-11-21(23)27)25(35)34(8-2)16(4)14-36-24-22(28)12-19(13-32-24)26(29,30)31/h9-13,15-16H,5,7-8,14H2,1-4,6H3. The maximum absolute atomic E-state index is 14.8. The fourth-order valence-corrected chi connectivity index (χ4v) is 3.43. The summed E-state index contributed by atoms with van der Waals surface area (Å²) in [6, 6.07) is 3.55. The first-order chi connectivity index (χ1) is 17.3. The summed E-state index contributed by atoms with van der Waals surface area (Å²) in [4.78, 5) is 22.5. The average molecular weight is 528 g/mol. The van der Waals surface area contributed by atoms with Crippen molar-refractivity contribution in [3.8, 4) is 5.88 Å². The number of hydrogen-bond acceptors (Lipinski definition) is 5. The third kappa shape index (κ3) is 7.74. The van der Waals surface area contributed by atoms with Crippen LogP contribution in [-0.4, -0.2) is 46.9 Å². The number of halogens is 5. The molecular weight excluding hydrogens is 497 g/mol. The highest BCUT2D eigenvalue weighted by atomic mass is 19.4. The van der Waals surface area contributed by atoms with Crippen molar-refractivity contribution < 1.29 is 36.2 Å². The number of amides is 1. The summed E-state index contributed by atoms with van der Waals surface area (Å²) in [6.07, 6.45) is -3.52. The molecule has 202 valence electrons. The second kappa shape index (κ2) is 12.6. The van der Waals surface area contributed by atoms with E-state index in [-0.39, 0.29) is 48.0 Å². The number of pyridine rings is 1. The molecule has 0 N–H and O–H groups in total. The Bertz CT molecular complexity index is 1150. The van der Waals surface area contributed by atoms with Gasteiger partial charge < -0.3 is 14.4 Å². The molecule has 0 aliphatic heterocycles. The molecule has 2 aromatic rings. The van der Waals surface area contributed by atoms with Gasteiger partial charge in [-0.3, -0.25) is 9.79 Å². The van der Waals surface area contributed by atoms with Gasteiger partial charge in [-0.25, -0.2) is 13.8 Å². The molecule has 0 bridgehead atoms. The first kappa shape index (κ1) is 29.7. The number of alkyl halides is 3. The van der Waals surface area contributed by atoms with E-state index in [9.17, 15) is 26.7 Å². The van der Waals surface area contributed by atoms with Gasteiger partial charge >= 0.3 is 6.18 Å². The number of nitrogens with zero attached hydrogens (tertiary/aromatic N) is 3. The number of aliphatic imine (C=N–C) groups is 1. The van der Waals surface area contributed by atoms with Crippen LogP contribution in [0.15, 0.2) is 42.0 Å². The van der Waals surface area contributed by atoms with Crippen LogP contribution in [0.25, 0.3) is 5.76 Å². The number of carbonyl (C=O) groups excluding carboxylic acids is 1. The third-order valence-corrected chi connectivity index (χ3v) is 5.52. The Morgan fingerprint density at radius 3 is 2.43 bits per heavy atom. The van der Waals surface area contributed by atoms with Crippen molar-refractivity contribution in [2.75, 3.05) is 13.2 Å². The predicted octanol–water partition coefficient (Wildman–Crippen LogP) is 6.51. The molecule has 37 heavy (non-hydrogen) atoms. The van der Waals surface area contributed by atoms with E-state index in [0.717, 1.165) is 6.42 Å². The highest BCUT2D eigenvalue weighted by molar-refractivity contribution is 5.99. The number of likely N-dealkylation sites (N-methyl/N-ethyl adjacent to an activating group) is 1. The third-order valence-electron chi connectivity index (χ3n) is 5.52. The Morgan fingerprint density at radius 2 is 1.86 bits per heavy atom. The summed E-state index contributed by atoms with van der Waals surface area (Å²) in [5.74, 6) is -3.04. The van der Waals surface area contributed by atoms with Gasteiger partial charge in [-0.2, -0.15) is 13.2 Å². The molecule has 0 radical (unpaired) electrons. The number of benzene rings is 1. The Labute approximate surface area is 212 Å². The van der Waals surface area contributed by atoms with E-state index in [4.69, 9.17) is 9.47 Å². The summed E-state index contributed by atoms with van der Waals surface area (Å²) in [5, 5.41) is 0. The lowest BCUT2D eigenvalue weighted by atomic mass is 10.0. The highest BCUT2D eigenvalue weighted by Gasteiger charge is 2.32. The zero-order chi connectivity index (χ0) is 27.9. The minimum absolute atomic E-state index is 0.0186. The molecule has 1 aromatic carbocycles. The number of carbonyl (C=O) groups is 1. The van der Waals surface area contributed by atoms with Crippen LogP contribution in [0, 0.1) is 11.6 Å². The van der Waals surface area contributed by atoms with E-state index in [2.05, 4.69) is 16.6 Å². The molecule has 1 heterocycles. The Morgan fingerprint density at radius 1 is 1.19 bits per heavy atom. The molecule has 2 rings (SSSR count). The van der Waals surface area contributed by atoms with E-state index < -0.39 is 41.2 Å². The highest BCUT2D eigenvalue weighted by Crippen LogP contribution is 2.31. The van der Waals surface area contributed by atoms with Gasteiger partial charge in [-0.05, 0) is 45.4 Å². The summed E-state index contributed by atoms with van der Waals surface area (Å²) < 4.78 is 78.0. The van der Waals surface area contributed by atoms with Gasteiger partial charge in [0.15, 0.2) is 11.7 Å². The Hall–Kier alpha value is -3.50. The molecular formula is C26H30F5N3O3. The maximum atomic E-state index is 14.8. The van der Waals surface area contributed by atoms with Crippen LogP contribution in [0.4, 0.5) is 22.0 Å². The fraction of sp³-hybridized carbons (Fsp3) is 0.423. The van der Waals surface area contributed by atoms with Crippen LogP contribution in [-0.2, 0) is 10.9 Å². The molecule has 1 amide bonds. The normalized spacial score (nSPS) is 13.6. The molecule has 6 nitrogen and oxygen atoms in total. The van der Waals surface area contributed by atoms with Crippen molar-refractivity contribution in [2.24, 2.45) is 4.99 Å². The first-order valence-corrected chi connectivity index (χ1v) is 11.7. The molecule has 0 spiro atoms. The van der Waals surface area contributed by atoms with Crippen molar-refractivity contribution >= 4 is 17.6 Å². The second-order valence-electron chi connectivity index (χ2n) is 8.35. The summed E-state index contributed by atoms with van der Waals surface area (Å²) >= 11 is 0. The smallest absolute Gasteiger partial charge is 0.417 e. The number of ether oxygens (including phenoxy) is 2. The molecule has 2 atom stereocenters.